The van der Waals surface area contributed by atoms with E-state index in [4.69, 9.17) is 9.47 Å². The van der Waals surface area contributed by atoms with Crippen LogP contribution in [0.1, 0.15) is 39.2 Å². The Kier molecular flexibility index (Phi) is 4.40. The zero-order chi connectivity index (χ0) is 13.8. The lowest BCUT2D eigenvalue weighted by Crippen LogP contribution is -2.13. The monoisotopic (exact) mass is 263 g/mol. The molecule has 0 unspecified atom stereocenters. The summed E-state index contributed by atoms with van der Waals surface area (Å²) in [4.78, 5) is 16.0. The minimum Gasteiger partial charge on any atom is -0.475 e. The van der Waals surface area contributed by atoms with Crippen LogP contribution < -0.4 is 9.47 Å². The largest absolute Gasteiger partial charge is 0.475 e. The van der Waals surface area contributed by atoms with E-state index in [-0.39, 0.29) is 11.9 Å². The number of hydrogen-bond acceptors (Lipinski definition) is 4. The molecule has 0 bridgehead atoms. The van der Waals surface area contributed by atoms with Crippen molar-refractivity contribution >= 4 is 5.97 Å². The molecule has 1 fully saturated rings. The van der Waals surface area contributed by atoms with Crippen molar-refractivity contribution in [2.45, 2.75) is 40.0 Å². The van der Waals surface area contributed by atoms with E-state index >= 15 is 0 Å². The molecule has 0 saturated heterocycles. The third-order valence-electron chi connectivity index (χ3n) is 2.96. The zero-order valence-electron chi connectivity index (χ0n) is 11.8. The molecule has 1 aromatic heterocycles. The smallest absolute Gasteiger partial charge is 0.314 e. The fourth-order valence-corrected chi connectivity index (χ4v) is 1.60. The molecule has 0 N–H and O–H groups in total. The average Bonchev–Trinajstić information content (AvgIpc) is 3.21. The Morgan fingerprint density at radius 3 is 2.79 bits per heavy atom. The number of rotatable bonds is 6. The molecule has 1 aromatic rings. The number of esters is 1. The van der Waals surface area contributed by atoms with Gasteiger partial charge in [-0.2, -0.15) is 0 Å². The second kappa shape index (κ2) is 6.04. The number of hydrogen-bond donors (Lipinski definition) is 0. The Morgan fingerprint density at radius 1 is 1.47 bits per heavy atom. The highest BCUT2D eigenvalue weighted by Crippen LogP contribution is 2.33. The standard InChI is InChI=1S/C15H21NO3/c1-4-11-7-13(19-15(17)12-5-6-12)14(16-8-11)18-9-10(2)3/h7-8,10,12H,4-6,9H2,1-3H3. The predicted molar refractivity (Wildman–Crippen MR) is 72.3 cm³/mol. The normalized spacial score (nSPS) is 14.5. The molecule has 0 aromatic carbocycles. The van der Waals surface area contributed by atoms with Gasteiger partial charge in [-0.3, -0.25) is 4.79 Å². The van der Waals surface area contributed by atoms with Gasteiger partial charge in [-0.25, -0.2) is 4.98 Å². The maximum atomic E-state index is 11.8. The van der Waals surface area contributed by atoms with E-state index in [1.54, 1.807) is 6.20 Å². The topological polar surface area (TPSA) is 48.4 Å². The van der Waals surface area contributed by atoms with Crippen molar-refractivity contribution in [3.05, 3.63) is 17.8 Å². The van der Waals surface area contributed by atoms with E-state index < -0.39 is 0 Å². The number of ether oxygens (including phenoxy) is 2. The van der Waals surface area contributed by atoms with Crippen LogP contribution in [0.15, 0.2) is 12.3 Å². The van der Waals surface area contributed by atoms with Crippen molar-refractivity contribution in [1.82, 2.24) is 4.98 Å². The fourth-order valence-electron chi connectivity index (χ4n) is 1.60. The van der Waals surface area contributed by atoms with Crippen LogP contribution in [0.3, 0.4) is 0 Å². The van der Waals surface area contributed by atoms with Gasteiger partial charge in [0.2, 0.25) is 0 Å². The summed E-state index contributed by atoms with van der Waals surface area (Å²) in [6.45, 7) is 6.73. The first kappa shape index (κ1) is 13.8. The van der Waals surface area contributed by atoms with Crippen molar-refractivity contribution in [1.29, 1.82) is 0 Å². The highest BCUT2D eigenvalue weighted by atomic mass is 16.6. The lowest BCUT2D eigenvalue weighted by atomic mass is 10.2. The van der Waals surface area contributed by atoms with Crippen LogP contribution >= 0.6 is 0 Å². The predicted octanol–water partition coefficient (Wildman–Crippen LogP) is 2.99. The van der Waals surface area contributed by atoms with Crippen LogP contribution in [0.5, 0.6) is 11.6 Å². The minimum atomic E-state index is -0.163. The molecule has 0 amide bonds. The molecule has 104 valence electrons. The Labute approximate surface area is 114 Å². The lowest BCUT2D eigenvalue weighted by Gasteiger charge is -2.12. The third kappa shape index (κ3) is 3.94. The lowest BCUT2D eigenvalue weighted by molar-refractivity contribution is -0.135. The van der Waals surface area contributed by atoms with E-state index in [1.165, 1.54) is 0 Å². The van der Waals surface area contributed by atoms with Crippen LogP contribution in [0, 0.1) is 11.8 Å². The van der Waals surface area contributed by atoms with Gasteiger partial charge in [-0.1, -0.05) is 20.8 Å². The fraction of sp³-hybridized carbons (Fsp3) is 0.600. The number of carbonyl (C=O) groups is 1. The molecule has 1 aliphatic carbocycles. The maximum absolute atomic E-state index is 11.8. The van der Waals surface area contributed by atoms with Crippen molar-refractivity contribution in [2.24, 2.45) is 11.8 Å². The second-order valence-corrected chi connectivity index (χ2v) is 5.40. The van der Waals surface area contributed by atoms with Crippen molar-refractivity contribution in [3.8, 4) is 11.6 Å². The molecule has 2 rings (SSSR count). The summed E-state index contributed by atoms with van der Waals surface area (Å²) in [7, 11) is 0. The first-order valence-corrected chi connectivity index (χ1v) is 6.93. The van der Waals surface area contributed by atoms with Gasteiger partial charge in [-0.05, 0) is 36.8 Å². The average molecular weight is 263 g/mol. The van der Waals surface area contributed by atoms with E-state index in [9.17, 15) is 4.79 Å². The number of carbonyl (C=O) groups excluding carboxylic acids is 1. The molecule has 19 heavy (non-hydrogen) atoms. The van der Waals surface area contributed by atoms with Gasteiger partial charge in [0.1, 0.15) is 0 Å². The summed E-state index contributed by atoms with van der Waals surface area (Å²) in [6.07, 6.45) is 4.49. The first-order chi connectivity index (χ1) is 9.10. The maximum Gasteiger partial charge on any atom is 0.314 e. The molecular formula is C15H21NO3. The molecule has 1 saturated carbocycles. The summed E-state index contributed by atoms with van der Waals surface area (Å²) in [5.74, 6) is 1.18. The summed E-state index contributed by atoms with van der Waals surface area (Å²) in [6, 6.07) is 1.85. The van der Waals surface area contributed by atoms with Crippen molar-refractivity contribution in [2.75, 3.05) is 6.61 Å². The molecule has 4 heteroatoms. The molecule has 0 spiro atoms. The minimum absolute atomic E-state index is 0.0724. The summed E-state index contributed by atoms with van der Waals surface area (Å²) in [5.41, 5.74) is 1.04. The Bertz CT molecular complexity index is 453. The number of aromatic nitrogens is 1. The van der Waals surface area contributed by atoms with Gasteiger partial charge in [0.15, 0.2) is 5.75 Å². The van der Waals surface area contributed by atoms with Crippen LogP contribution in [0.4, 0.5) is 0 Å². The quantitative estimate of drug-likeness (QED) is 0.740. The Hall–Kier alpha value is -1.58. The van der Waals surface area contributed by atoms with E-state index in [2.05, 4.69) is 18.8 Å². The third-order valence-corrected chi connectivity index (χ3v) is 2.96. The molecule has 0 aliphatic heterocycles. The summed E-state index contributed by atoms with van der Waals surface area (Å²) < 4.78 is 11.0. The number of pyridine rings is 1. The van der Waals surface area contributed by atoms with Crippen molar-refractivity contribution < 1.29 is 14.3 Å². The van der Waals surface area contributed by atoms with Gasteiger partial charge in [0.05, 0.1) is 12.5 Å². The van der Waals surface area contributed by atoms with Crippen LogP contribution in [-0.4, -0.2) is 17.6 Å². The molecule has 1 aliphatic rings. The van der Waals surface area contributed by atoms with Gasteiger partial charge in [0.25, 0.3) is 5.88 Å². The highest BCUT2D eigenvalue weighted by Gasteiger charge is 2.32. The molecule has 0 atom stereocenters. The Balaban J connectivity index is 2.12. The number of nitrogens with zero attached hydrogens (tertiary/aromatic N) is 1. The Morgan fingerprint density at radius 2 is 2.21 bits per heavy atom. The molecular weight excluding hydrogens is 242 g/mol. The zero-order valence-corrected chi connectivity index (χ0v) is 11.8. The SMILES string of the molecule is CCc1cnc(OCC(C)C)c(OC(=O)C2CC2)c1. The highest BCUT2D eigenvalue weighted by molar-refractivity contribution is 5.77. The summed E-state index contributed by atoms with van der Waals surface area (Å²) >= 11 is 0. The van der Waals surface area contributed by atoms with Crippen molar-refractivity contribution in [3.63, 3.8) is 0 Å². The van der Waals surface area contributed by atoms with E-state index in [0.29, 0.717) is 24.2 Å². The first-order valence-electron chi connectivity index (χ1n) is 6.93. The summed E-state index contributed by atoms with van der Waals surface area (Å²) in [5, 5.41) is 0. The van der Waals surface area contributed by atoms with Crippen LogP contribution in [0.2, 0.25) is 0 Å². The van der Waals surface area contributed by atoms with E-state index in [0.717, 1.165) is 24.8 Å². The molecule has 0 radical (unpaired) electrons. The van der Waals surface area contributed by atoms with Gasteiger partial charge >= 0.3 is 5.97 Å². The molecule has 1 heterocycles. The second-order valence-electron chi connectivity index (χ2n) is 5.40. The van der Waals surface area contributed by atoms with Gasteiger partial charge < -0.3 is 9.47 Å². The van der Waals surface area contributed by atoms with E-state index in [1.807, 2.05) is 13.0 Å². The number of aryl methyl sites for hydroxylation is 1. The van der Waals surface area contributed by atoms with Crippen LogP contribution in [0.25, 0.3) is 0 Å². The molecule has 4 nitrogen and oxygen atoms in total. The van der Waals surface area contributed by atoms with Gasteiger partial charge in [0, 0.05) is 6.20 Å². The van der Waals surface area contributed by atoms with Crippen LogP contribution in [-0.2, 0) is 11.2 Å². The van der Waals surface area contributed by atoms with Gasteiger partial charge in [-0.15, -0.1) is 0 Å².